The Morgan fingerprint density at radius 1 is 1.41 bits per heavy atom. The summed E-state index contributed by atoms with van der Waals surface area (Å²) in [6.07, 6.45) is 1.70. The molecule has 3 nitrogen and oxygen atoms in total. The first kappa shape index (κ1) is 13.7. The van der Waals surface area contributed by atoms with Crippen LogP contribution in [0.2, 0.25) is 0 Å². The molecule has 0 aliphatic rings. The van der Waals surface area contributed by atoms with Crippen molar-refractivity contribution in [1.82, 2.24) is 0 Å². The monoisotopic (exact) mass is 236 g/mol. The predicted octanol–water partition coefficient (Wildman–Crippen LogP) is 3.13. The first-order valence-corrected chi connectivity index (χ1v) is 5.91. The van der Waals surface area contributed by atoms with Gasteiger partial charge in [0.15, 0.2) is 0 Å². The van der Waals surface area contributed by atoms with Crippen molar-refractivity contribution in [3.8, 4) is 0 Å². The van der Waals surface area contributed by atoms with Crippen molar-refractivity contribution in [2.45, 2.75) is 39.2 Å². The number of carboxylic acids is 1. The molecule has 0 fully saturated rings. The molecule has 0 spiro atoms. The summed E-state index contributed by atoms with van der Waals surface area (Å²) in [6.45, 7) is 6.82. The van der Waals surface area contributed by atoms with E-state index in [9.17, 15) is 4.79 Å². The van der Waals surface area contributed by atoms with E-state index in [0.29, 0.717) is 12.2 Å². The summed E-state index contributed by atoms with van der Waals surface area (Å²) in [5, 5.41) is 8.87. The van der Waals surface area contributed by atoms with Crippen LogP contribution in [0.5, 0.6) is 0 Å². The summed E-state index contributed by atoms with van der Waals surface area (Å²) in [4.78, 5) is 10.8. The van der Waals surface area contributed by atoms with Crippen LogP contribution in [-0.2, 0) is 11.2 Å². The van der Waals surface area contributed by atoms with E-state index in [0.717, 1.165) is 18.4 Å². The van der Waals surface area contributed by atoms with Crippen LogP contribution in [0.25, 0.3) is 0 Å². The van der Waals surface area contributed by atoms with Gasteiger partial charge in [0.05, 0.1) is 17.8 Å². The maximum Gasteiger partial charge on any atom is 0.335 e. The van der Waals surface area contributed by atoms with E-state index in [1.54, 1.807) is 18.2 Å². The van der Waals surface area contributed by atoms with Gasteiger partial charge < -0.3 is 9.84 Å². The molecule has 0 saturated heterocycles. The average Bonchev–Trinajstić information content (AvgIpc) is 2.29. The van der Waals surface area contributed by atoms with Crippen LogP contribution in [0.15, 0.2) is 24.3 Å². The normalized spacial score (nSPS) is 11.5. The van der Waals surface area contributed by atoms with Crippen LogP contribution in [0.4, 0.5) is 0 Å². The molecule has 0 aromatic heterocycles. The second-order valence-electron chi connectivity index (χ2n) is 4.72. The number of carbonyl (C=O) groups is 1. The SMILES string of the molecule is CCC(C)(C)OCCc1cccc(C(=O)O)c1. The predicted molar refractivity (Wildman–Crippen MR) is 67.4 cm³/mol. The fourth-order valence-corrected chi connectivity index (χ4v) is 1.41. The molecule has 1 aromatic rings. The van der Waals surface area contributed by atoms with E-state index in [1.165, 1.54) is 0 Å². The zero-order valence-corrected chi connectivity index (χ0v) is 10.7. The Kier molecular flexibility index (Phi) is 4.70. The van der Waals surface area contributed by atoms with Crippen molar-refractivity contribution in [3.63, 3.8) is 0 Å². The summed E-state index contributed by atoms with van der Waals surface area (Å²) in [6, 6.07) is 6.99. The van der Waals surface area contributed by atoms with Crippen molar-refractivity contribution < 1.29 is 14.6 Å². The Labute approximate surface area is 102 Å². The standard InChI is InChI=1S/C14H20O3/c1-4-14(2,3)17-9-8-11-6-5-7-12(10-11)13(15)16/h5-7,10H,4,8-9H2,1-3H3,(H,15,16). The van der Waals surface area contributed by atoms with Gasteiger partial charge in [0, 0.05) is 0 Å². The third-order valence-electron chi connectivity index (χ3n) is 2.91. The van der Waals surface area contributed by atoms with Crippen molar-refractivity contribution in [3.05, 3.63) is 35.4 Å². The molecule has 1 aromatic carbocycles. The highest BCUT2D eigenvalue weighted by Gasteiger charge is 2.14. The van der Waals surface area contributed by atoms with E-state index >= 15 is 0 Å². The fraction of sp³-hybridized carbons (Fsp3) is 0.500. The molecule has 0 unspecified atom stereocenters. The molecule has 94 valence electrons. The van der Waals surface area contributed by atoms with Gasteiger partial charge in [-0.15, -0.1) is 0 Å². The lowest BCUT2D eigenvalue weighted by atomic mass is 10.1. The Morgan fingerprint density at radius 3 is 2.71 bits per heavy atom. The topological polar surface area (TPSA) is 46.5 Å². The summed E-state index contributed by atoms with van der Waals surface area (Å²) in [5.74, 6) is -0.887. The zero-order chi connectivity index (χ0) is 12.9. The molecule has 0 saturated carbocycles. The smallest absolute Gasteiger partial charge is 0.335 e. The Morgan fingerprint density at radius 2 is 2.12 bits per heavy atom. The Bertz CT molecular complexity index is 383. The molecular formula is C14H20O3. The maximum atomic E-state index is 10.8. The van der Waals surface area contributed by atoms with Gasteiger partial charge in [-0.25, -0.2) is 4.79 Å². The maximum absolute atomic E-state index is 10.8. The van der Waals surface area contributed by atoms with E-state index in [1.807, 2.05) is 6.07 Å². The highest BCUT2D eigenvalue weighted by molar-refractivity contribution is 5.87. The van der Waals surface area contributed by atoms with Gasteiger partial charge in [0.2, 0.25) is 0 Å². The van der Waals surface area contributed by atoms with Crippen LogP contribution < -0.4 is 0 Å². The van der Waals surface area contributed by atoms with Gasteiger partial charge >= 0.3 is 5.97 Å². The number of carboxylic acid groups (broad SMARTS) is 1. The number of aromatic carboxylic acids is 1. The summed E-state index contributed by atoms with van der Waals surface area (Å²) < 4.78 is 5.74. The Hall–Kier alpha value is -1.35. The molecule has 0 radical (unpaired) electrons. The molecule has 0 aliphatic carbocycles. The number of benzene rings is 1. The van der Waals surface area contributed by atoms with Crippen molar-refractivity contribution in [2.24, 2.45) is 0 Å². The number of rotatable bonds is 6. The van der Waals surface area contributed by atoms with Crippen molar-refractivity contribution in [2.75, 3.05) is 6.61 Å². The lowest BCUT2D eigenvalue weighted by molar-refractivity contribution is -0.0183. The van der Waals surface area contributed by atoms with Crippen molar-refractivity contribution in [1.29, 1.82) is 0 Å². The second-order valence-corrected chi connectivity index (χ2v) is 4.72. The molecule has 0 heterocycles. The van der Waals surface area contributed by atoms with Crippen LogP contribution in [0.1, 0.15) is 43.1 Å². The van der Waals surface area contributed by atoms with Gasteiger partial charge in [-0.05, 0) is 44.4 Å². The second kappa shape index (κ2) is 5.82. The van der Waals surface area contributed by atoms with Gasteiger partial charge in [0.25, 0.3) is 0 Å². The molecule has 1 rings (SSSR count). The molecule has 0 aliphatic heterocycles. The number of ether oxygens (including phenoxy) is 1. The third kappa shape index (κ3) is 4.57. The molecule has 3 heteroatoms. The van der Waals surface area contributed by atoms with Gasteiger partial charge in [-0.3, -0.25) is 0 Å². The van der Waals surface area contributed by atoms with Gasteiger partial charge in [0.1, 0.15) is 0 Å². The van der Waals surface area contributed by atoms with Crippen molar-refractivity contribution >= 4 is 5.97 Å². The lowest BCUT2D eigenvalue weighted by Gasteiger charge is -2.23. The number of hydrogen-bond acceptors (Lipinski definition) is 2. The minimum Gasteiger partial charge on any atom is -0.478 e. The molecule has 0 amide bonds. The molecule has 0 atom stereocenters. The first-order chi connectivity index (χ1) is 7.94. The van der Waals surface area contributed by atoms with Gasteiger partial charge in [-0.2, -0.15) is 0 Å². The molecular weight excluding hydrogens is 216 g/mol. The highest BCUT2D eigenvalue weighted by atomic mass is 16.5. The minimum absolute atomic E-state index is 0.107. The minimum atomic E-state index is -0.887. The van der Waals surface area contributed by atoms with Crippen LogP contribution in [0, 0.1) is 0 Å². The molecule has 1 N–H and O–H groups in total. The van der Waals surface area contributed by atoms with Crippen LogP contribution >= 0.6 is 0 Å². The third-order valence-corrected chi connectivity index (χ3v) is 2.91. The zero-order valence-electron chi connectivity index (χ0n) is 10.7. The fourth-order valence-electron chi connectivity index (χ4n) is 1.41. The highest BCUT2D eigenvalue weighted by Crippen LogP contribution is 2.14. The summed E-state index contributed by atoms with van der Waals surface area (Å²) in [7, 11) is 0. The van der Waals surface area contributed by atoms with E-state index < -0.39 is 5.97 Å². The van der Waals surface area contributed by atoms with E-state index in [-0.39, 0.29) is 5.60 Å². The van der Waals surface area contributed by atoms with Crippen LogP contribution in [0.3, 0.4) is 0 Å². The Balaban J connectivity index is 2.52. The molecule has 0 bridgehead atoms. The largest absolute Gasteiger partial charge is 0.478 e. The first-order valence-electron chi connectivity index (χ1n) is 5.91. The van der Waals surface area contributed by atoms with E-state index in [2.05, 4.69) is 20.8 Å². The summed E-state index contributed by atoms with van der Waals surface area (Å²) >= 11 is 0. The summed E-state index contributed by atoms with van der Waals surface area (Å²) in [5.41, 5.74) is 1.22. The average molecular weight is 236 g/mol. The van der Waals surface area contributed by atoms with E-state index in [4.69, 9.17) is 9.84 Å². The quantitative estimate of drug-likeness (QED) is 0.825. The molecule has 17 heavy (non-hydrogen) atoms. The lowest BCUT2D eigenvalue weighted by Crippen LogP contribution is -2.24. The van der Waals surface area contributed by atoms with Crippen LogP contribution in [-0.4, -0.2) is 23.3 Å². The number of hydrogen-bond donors (Lipinski definition) is 1. The van der Waals surface area contributed by atoms with Gasteiger partial charge in [-0.1, -0.05) is 19.1 Å².